The SMILES string of the molecule is CCOC(=O)C1=NN=C2CC=NC=C21. The number of hydrogen-bond donors (Lipinski definition) is 0. The third kappa shape index (κ3) is 1.37. The van der Waals surface area contributed by atoms with Gasteiger partial charge in [-0.1, -0.05) is 0 Å². The maximum atomic E-state index is 11.4. The Labute approximate surface area is 80.9 Å². The van der Waals surface area contributed by atoms with E-state index in [-0.39, 0.29) is 5.71 Å². The standard InChI is InChI=1S/C9H9N3O2/c1-2-14-9(13)8-6-5-10-4-3-7(6)11-12-8/h4-5H,2-3H2,1H3. The van der Waals surface area contributed by atoms with Crippen molar-refractivity contribution < 1.29 is 9.53 Å². The number of rotatable bonds is 2. The van der Waals surface area contributed by atoms with E-state index in [4.69, 9.17) is 4.74 Å². The first-order chi connectivity index (χ1) is 6.83. The molecule has 0 spiro atoms. The quantitative estimate of drug-likeness (QED) is 0.603. The summed E-state index contributed by atoms with van der Waals surface area (Å²) in [5, 5.41) is 7.67. The second-order valence-corrected chi connectivity index (χ2v) is 2.79. The van der Waals surface area contributed by atoms with E-state index in [0.29, 0.717) is 18.6 Å². The summed E-state index contributed by atoms with van der Waals surface area (Å²) in [4.78, 5) is 15.3. The number of carbonyl (C=O) groups excluding carboxylic acids is 1. The lowest BCUT2D eigenvalue weighted by molar-refractivity contribution is -0.134. The Morgan fingerprint density at radius 2 is 2.43 bits per heavy atom. The molecule has 2 rings (SSSR count). The van der Waals surface area contributed by atoms with Crippen molar-refractivity contribution in [3.05, 3.63) is 11.8 Å². The van der Waals surface area contributed by atoms with Crippen LogP contribution in [0.3, 0.4) is 0 Å². The van der Waals surface area contributed by atoms with Gasteiger partial charge in [0.05, 0.1) is 17.9 Å². The Balaban J connectivity index is 2.21. The predicted octanol–water partition coefficient (Wildman–Crippen LogP) is 0.719. The fourth-order valence-corrected chi connectivity index (χ4v) is 1.26. The molecular formula is C9H9N3O2. The van der Waals surface area contributed by atoms with Crippen LogP contribution >= 0.6 is 0 Å². The maximum absolute atomic E-state index is 11.4. The molecule has 5 nitrogen and oxygen atoms in total. The van der Waals surface area contributed by atoms with E-state index >= 15 is 0 Å². The first kappa shape index (κ1) is 8.80. The number of carbonyl (C=O) groups is 1. The zero-order chi connectivity index (χ0) is 9.97. The van der Waals surface area contributed by atoms with Gasteiger partial charge in [0.2, 0.25) is 0 Å². The van der Waals surface area contributed by atoms with Gasteiger partial charge in [-0.25, -0.2) is 4.79 Å². The number of fused-ring (bicyclic) bond motifs is 1. The van der Waals surface area contributed by atoms with Gasteiger partial charge in [0.15, 0.2) is 5.71 Å². The Hall–Kier alpha value is -1.78. The summed E-state index contributed by atoms with van der Waals surface area (Å²) >= 11 is 0. The second-order valence-electron chi connectivity index (χ2n) is 2.79. The van der Waals surface area contributed by atoms with E-state index in [1.54, 1.807) is 19.3 Å². The molecule has 14 heavy (non-hydrogen) atoms. The average Bonchev–Trinajstić information content (AvgIpc) is 2.61. The molecule has 0 atom stereocenters. The van der Waals surface area contributed by atoms with E-state index in [1.165, 1.54) is 0 Å². The monoisotopic (exact) mass is 191 g/mol. The molecule has 0 N–H and O–H groups in total. The predicted molar refractivity (Wildman–Crippen MR) is 52.7 cm³/mol. The van der Waals surface area contributed by atoms with Crippen LogP contribution in [0.2, 0.25) is 0 Å². The van der Waals surface area contributed by atoms with Crippen LogP contribution < -0.4 is 0 Å². The molecule has 0 saturated carbocycles. The summed E-state index contributed by atoms with van der Waals surface area (Å²) in [6, 6.07) is 0. The Morgan fingerprint density at radius 3 is 3.21 bits per heavy atom. The highest BCUT2D eigenvalue weighted by Crippen LogP contribution is 2.16. The Bertz CT molecular complexity index is 391. The van der Waals surface area contributed by atoms with E-state index in [9.17, 15) is 4.79 Å². The van der Waals surface area contributed by atoms with Crippen molar-refractivity contribution in [2.75, 3.05) is 6.61 Å². The van der Waals surface area contributed by atoms with Crippen molar-refractivity contribution in [2.45, 2.75) is 13.3 Å². The molecule has 0 saturated heterocycles. The minimum Gasteiger partial charge on any atom is -0.461 e. The molecule has 0 aromatic heterocycles. The molecule has 2 aliphatic heterocycles. The van der Waals surface area contributed by atoms with Crippen LogP contribution in [0.5, 0.6) is 0 Å². The zero-order valence-corrected chi connectivity index (χ0v) is 7.73. The van der Waals surface area contributed by atoms with Gasteiger partial charge in [-0.05, 0) is 6.92 Å². The van der Waals surface area contributed by atoms with Gasteiger partial charge in [-0.3, -0.25) is 4.99 Å². The molecule has 2 aliphatic rings. The molecule has 0 unspecified atom stereocenters. The van der Waals surface area contributed by atoms with Crippen molar-refractivity contribution in [1.29, 1.82) is 0 Å². The van der Waals surface area contributed by atoms with Crippen molar-refractivity contribution in [3.8, 4) is 0 Å². The molecule has 0 aliphatic carbocycles. The minimum atomic E-state index is -0.436. The lowest BCUT2D eigenvalue weighted by Gasteiger charge is -2.05. The lowest BCUT2D eigenvalue weighted by atomic mass is 10.0. The van der Waals surface area contributed by atoms with Crippen molar-refractivity contribution >= 4 is 23.6 Å². The summed E-state index contributed by atoms with van der Waals surface area (Å²) in [6.45, 7) is 2.09. The van der Waals surface area contributed by atoms with Crippen molar-refractivity contribution in [1.82, 2.24) is 0 Å². The number of hydrogen-bond acceptors (Lipinski definition) is 5. The largest absolute Gasteiger partial charge is 0.461 e. The molecule has 0 bridgehead atoms. The summed E-state index contributed by atoms with van der Waals surface area (Å²) in [5.74, 6) is -0.436. The second kappa shape index (κ2) is 3.53. The number of nitrogens with zero attached hydrogens (tertiary/aromatic N) is 3. The lowest BCUT2D eigenvalue weighted by Crippen LogP contribution is -2.21. The molecule has 72 valence electrons. The number of aliphatic imine (C=N–C) groups is 1. The number of ether oxygens (including phenoxy) is 1. The summed E-state index contributed by atoms with van der Waals surface area (Å²) in [5.41, 5.74) is 1.73. The van der Waals surface area contributed by atoms with Gasteiger partial charge in [-0.15, -0.1) is 5.10 Å². The van der Waals surface area contributed by atoms with Gasteiger partial charge in [0.1, 0.15) is 0 Å². The highest BCUT2D eigenvalue weighted by Gasteiger charge is 2.27. The summed E-state index contributed by atoms with van der Waals surface area (Å²) in [6.07, 6.45) is 3.94. The van der Waals surface area contributed by atoms with Crippen LogP contribution in [0.15, 0.2) is 27.0 Å². The van der Waals surface area contributed by atoms with Gasteiger partial charge < -0.3 is 4.74 Å². The van der Waals surface area contributed by atoms with Crippen LogP contribution in [-0.2, 0) is 9.53 Å². The molecule has 0 radical (unpaired) electrons. The van der Waals surface area contributed by atoms with Gasteiger partial charge >= 0.3 is 5.97 Å². The normalized spacial score (nSPS) is 18.2. The molecule has 0 aromatic carbocycles. The Morgan fingerprint density at radius 1 is 1.57 bits per heavy atom. The summed E-state index contributed by atoms with van der Waals surface area (Å²) in [7, 11) is 0. The molecule has 0 aromatic rings. The van der Waals surface area contributed by atoms with Crippen LogP contribution in [0.1, 0.15) is 13.3 Å². The van der Waals surface area contributed by atoms with Crippen LogP contribution in [0, 0.1) is 0 Å². The maximum Gasteiger partial charge on any atom is 0.359 e. The first-order valence-electron chi connectivity index (χ1n) is 4.37. The van der Waals surface area contributed by atoms with Crippen LogP contribution in [-0.4, -0.2) is 30.2 Å². The van der Waals surface area contributed by atoms with Crippen molar-refractivity contribution in [3.63, 3.8) is 0 Å². The van der Waals surface area contributed by atoms with Gasteiger partial charge in [0, 0.05) is 18.8 Å². The van der Waals surface area contributed by atoms with E-state index in [2.05, 4.69) is 15.2 Å². The molecule has 0 fully saturated rings. The van der Waals surface area contributed by atoms with E-state index in [1.807, 2.05) is 0 Å². The Kier molecular flexibility index (Phi) is 2.22. The highest BCUT2D eigenvalue weighted by molar-refractivity contribution is 6.52. The fraction of sp³-hybridized carbons (Fsp3) is 0.333. The summed E-state index contributed by atoms with van der Waals surface area (Å²) < 4.78 is 4.84. The minimum absolute atomic E-state index is 0.263. The topological polar surface area (TPSA) is 63.4 Å². The van der Waals surface area contributed by atoms with E-state index < -0.39 is 5.97 Å². The molecule has 2 heterocycles. The number of esters is 1. The van der Waals surface area contributed by atoms with Crippen LogP contribution in [0.25, 0.3) is 0 Å². The van der Waals surface area contributed by atoms with Crippen LogP contribution in [0.4, 0.5) is 0 Å². The third-order valence-electron chi connectivity index (χ3n) is 1.90. The van der Waals surface area contributed by atoms with E-state index in [0.717, 1.165) is 5.71 Å². The smallest absolute Gasteiger partial charge is 0.359 e. The molecular weight excluding hydrogens is 182 g/mol. The average molecular weight is 191 g/mol. The third-order valence-corrected chi connectivity index (χ3v) is 1.90. The molecule has 0 amide bonds. The zero-order valence-electron chi connectivity index (χ0n) is 7.73. The fourth-order valence-electron chi connectivity index (χ4n) is 1.26. The first-order valence-corrected chi connectivity index (χ1v) is 4.37. The van der Waals surface area contributed by atoms with Crippen molar-refractivity contribution in [2.24, 2.45) is 15.2 Å². The van der Waals surface area contributed by atoms with Gasteiger partial charge in [-0.2, -0.15) is 5.10 Å². The van der Waals surface area contributed by atoms with Gasteiger partial charge in [0.25, 0.3) is 0 Å². The highest BCUT2D eigenvalue weighted by atomic mass is 16.5. The molecule has 5 heteroatoms.